The zero-order chi connectivity index (χ0) is 17.7. The maximum Gasteiger partial charge on any atom is 0.321 e. The summed E-state index contributed by atoms with van der Waals surface area (Å²) in [5, 5.41) is 6.32. The highest BCUT2D eigenvalue weighted by Crippen LogP contribution is 2.18. The lowest BCUT2D eigenvalue weighted by atomic mass is 10.2. The van der Waals surface area contributed by atoms with Gasteiger partial charge in [0, 0.05) is 6.04 Å². The van der Waals surface area contributed by atoms with E-state index in [0.717, 1.165) is 25.7 Å². The normalized spacial score (nSPS) is 15.4. The van der Waals surface area contributed by atoms with Gasteiger partial charge in [-0.05, 0) is 26.7 Å². The van der Waals surface area contributed by atoms with Gasteiger partial charge in [0.15, 0.2) is 12.4 Å². The molecular formula is C14H21N3O6S. The molecule has 0 bridgehead atoms. The molecule has 1 fully saturated rings. The average molecular weight is 359 g/mol. The van der Waals surface area contributed by atoms with Gasteiger partial charge in [-0.1, -0.05) is 18.0 Å². The number of nitrogens with zero attached hydrogens (tertiary/aromatic N) is 1. The predicted octanol–water partition coefficient (Wildman–Crippen LogP) is 0.172. The second kappa shape index (κ2) is 7.75. The number of esters is 1. The fourth-order valence-corrected chi connectivity index (χ4v) is 3.92. The molecule has 1 aromatic heterocycles. The number of carbonyl (C=O) groups excluding carboxylic acids is 2. The molecule has 0 radical (unpaired) electrons. The van der Waals surface area contributed by atoms with Crippen LogP contribution in [0.4, 0.5) is 0 Å². The Hall–Kier alpha value is -1.94. The molecule has 10 heteroatoms. The van der Waals surface area contributed by atoms with E-state index in [4.69, 9.17) is 9.26 Å². The summed E-state index contributed by atoms with van der Waals surface area (Å²) in [6.07, 6.45) is 4.01. The van der Waals surface area contributed by atoms with Crippen molar-refractivity contribution in [2.75, 3.05) is 13.2 Å². The molecule has 1 aliphatic carbocycles. The monoisotopic (exact) mass is 359 g/mol. The van der Waals surface area contributed by atoms with Crippen LogP contribution >= 0.6 is 0 Å². The van der Waals surface area contributed by atoms with Gasteiger partial charge in [0.1, 0.15) is 17.1 Å². The van der Waals surface area contributed by atoms with Crippen LogP contribution in [-0.2, 0) is 24.3 Å². The molecule has 2 rings (SSSR count). The summed E-state index contributed by atoms with van der Waals surface area (Å²) in [6, 6.07) is 0.134. The highest BCUT2D eigenvalue weighted by molar-refractivity contribution is 7.89. The molecule has 134 valence electrons. The van der Waals surface area contributed by atoms with Crippen LogP contribution in [0.3, 0.4) is 0 Å². The summed E-state index contributed by atoms with van der Waals surface area (Å²) >= 11 is 0. The lowest BCUT2D eigenvalue weighted by molar-refractivity contribution is -0.147. The van der Waals surface area contributed by atoms with Crippen molar-refractivity contribution in [2.45, 2.75) is 50.5 Å². The Bertz CT molecular complexity index is 687. The quantitative estimate of drug-likeness (QED) is 0.664. The van der Waals surface area contributed by atoms with Gasteiger partial charge in [-0.25, -0.2) is 8.42 Å². The molecule has 0 unspecified atom stereocenters. The molecule has 1 aromatic rings. The van der Waals surface area contributed by atoms with Crippen molar-refractivity contribution < 1.29 is 27.3 Å². The Morgan fingerprint density at radius 2 is 1.96 bits per heavy atom. The van der Waals surface area contributed by atoms with Gasteiger partial charge in [-0.2, -0.15) is 4.72 Å². The van der Waals surface area contributed by atoms with Crippen LogP contribution in [-0.4, -0.2) is 44.6 Å². The average Bonchev–Trinajstić information content (AvgIpc) is 3.13. The van der Waals surface area contributed by atoms with Gasteiger partial charge in [0.05, 0.1) is 0 Å². The number of ether oxygens (including phenoxy) is 1. The number of aromatic nitrogens is 1. The first-order valence-electron chi connectivity index (χ1n) is 7.67. The minimum absolute atomic E-state index is 0.103. The third-order valence-corrected chi connectivity index (χ3v) is 5.37. The number of aryl methyl sites for hydroxylation is 2. The Labute approximate surface area is 140 Å². The van der Waals surface area contributed by atoms with Gasteiger partial charge in [0.25, 0.3) is 5.91 Å². The second-order valence-corrected chi connectivity index (χ2v) is 7.39. The SMILES string of the molecule is Cc1noc(C)c1S(=O)(=O)NCC(=O)OCC(=O)NC1CCCC1. The topological polar surface area (TPSA) is 128 Å². The first-order valence-corrected chi connectivity index (χ1v) is 9.15. The van der Waals surface area contributed by atoms with Crippen molar-refractivity contribution in [3.8, 4) is 0 Å². The van der Waals surface area contributed by atoms with Crippen molar-refractivity contribution in [3.05, 3.63) is 11.5 Å². The third-order valence-electron chi connectivity index (χ3n) is 3.73. The Morgan fingerprint density at radius 1 is 1.29 bits per heavy atom. The summed E-state index contributed by atoms with van der Waals surface area (Å²) in [5.74, 6) is -1.10. The third kappa shape index (κ3) is 4.78. The number of hydrogen-bond acceptors (Lipinski definition) is 7. The van der Waals surface area contributed by atoms with Crippen molar-refractivity contribution in [2.24, 2.45) is 0 Å². The van der Waals surface area contributed by atoms with E-state index in [1.165, 1.54) is 13.8 Å². The Kier molecular flexibility index (Phi) is 5.94. The number of sulfonamides is 1. The molecule has 0 atom stereocenters. The fraction of sp³-hybridized carbons (Fsp3) is 0.643. The lowest BCUT2D eigenvalue weighted by Crippen LogP contribution is -2.37. The van der Waals surface area contributed by atoms with Crippen LogP contribution in [0, 0.1) is 13.8 Å². The maximum atomic E-state index is 12.1. The lowest BCUT2D eigenvalue weighted by Gasteiger charge is -2.12. The summed E-state index contributed by atoms with van der Waals surface area (Å²) in [5.41, 5.74) is 0.198. The zero-order valence-corrected chi connectivity index (χ0v) is 14.4. The molecule has 9 nitrogen and oxygen atoms in total. The number of rotatable bonds is 7. The molecular weight excluding hydrogens is 338 g/mol. The number of hydrogen-bond donors (Lipinski definition) is 2. The Balaban J connectivity index is 1.77. The molecule has 1 amide bonds. The van der Waals surface area contributed by atoms with E-state index in [9.17, 15) is 18.0 Å². The smallest absolute Gasteiger partial charge is 0.321 e. The van der Waals surface area contributed by atoms with Gasteiger partial charge >= 0.3 is 5.97 Å². The van der Waals surface area contributed by atoms with E-state index in [-0.39, 0.29) is 28.3 Å². The van der Waals surface area contributed by atoms with Crippen molar-refractivity contribution in [1.29, 1.82) is 0 Å². The van der Waals surface area contributed by atoms with Crippen LogP contribution < -0.4 is 10.0 Å². The first-order chi connectivity index (χ1) is 11.3. The van der Waals surface area contributed by atoms with Crippen LogP contribution in [0.25, 0.3) is 0 Å². The summed E-state index contributed by atoms with van der Waals surface area (Å²) in [7, 11) is -3.94. The predicted molar refractivity (Wildman–Crippen MR) is 82.5 cm³/mol. The van der Waals surface area contributed by atoms with Gasteiger partial charge < -0.3 is 14.6 Å². The number of amides is 1. The van der Waals surface area contributed by atoms with Crippen molar-refractivity contribution in [3.63, 3.8) is 0 Å². The van der Waals surface area contributed by atoms with E-state index in [1.54, 1.807) is 0 Å². The minimum atomic E-state index is -3.94. The zero-order valence-electron chi connectivity index (χ0n) is 13.6. The minimum Gasteiger partial charge on any atom is -0.455 e. The maximum absolute atomic E-state index is 12.1. The Morgan fingerprint density at radius 3 is 2.54 bits per heavy atom. The highest BCUT2D eigenvalue weighted by Gasteiger charge is 2.25. The van der Waals surface area contributed by atoms with Crippen LogP contribution in [0.1, 0.15) is 37.1 Å². The van der Waals surface area contributed by atoms with E-state index in [0.29, 0.717) is 0 Å². The molecule has 1 saturated carbocycles. The van der Waals surface area contributed by atoms with Crippen LogP contribution in [0.2, 0.25) is 0 Å². The van der Waals surface area contributed by atoms with Crippen molar-refractivity contribution >= 4 is 21.9 Å². The molecule has 2 N–H and O–H groups in total. The van der Waals surface area contributed by atoms with Crippen molar-refractivity contribution in [1.82, 2.24) is 15.2 Å². The molecule has 0 aliphatic heterocycles. The number of nitrogens with one attached hydrogen (secondary N) is 2. The van der Waals surface area contributed by atoms with E-state index in [2.05, 4.69) is 15.2 Å². The van der Waals surface area contributed by atoms with Gasteiger partial charge in [0.2, 0.25) is 10.0 Å². The summed E-state index contributed by atoms with van der Waals surface area (Å²) in [4.78, 5) is 23.1. The second-order valence-electron chi connectivity index (χ2n) is 5.69. The molecule has 1 heterocycles. The highest BCUT2D eigenvalue weighted by atomic mass is 32.2. The fourth-order valence-electron chi connectivity index (χ4n) is 2.62. The summed E-state index contributed by atoms with van der Waals surface area (Å²) in [6.45, 7) is 1.93. The van der Waals surface area contributed by atoms with E-state index >= 15 is 0 Å². The molecule has 0 saturated heterocycles. The largest absolute Gasteiger partial charge is 0.455 e. The number of carbonyl (C=O) groups is 2. The first kappa shape index (κ1) is 18.4. The van der Waals surface area contributed by atoms with Gasteiger partial charge in [-0.3, -0.25) is 9.59 Å². The molecule has 0 spiro atoms. The van der Waals surface area contributed by atoms with Crippen LogP contribution in [0.5, 0.6) is 0 Å². The van der Waals surface area contributed by atoms with Gasteiger partial charge in [-0.15, -0.1) is 0 Å². The molecule has 0 aromatic carbocycles. The molecule has 24 heavy (non-hydrogen) atoms. The summed E-state index contributed by atoms with van der Waals surface area (Å²) < 4.78 is 35.9. The van der Waals surface area contributed by atoms with E-state index < -0.39 is 29.1 Å². The molecule has 1 aliphatic rings. The standard InChI is InChI=1S/C14H21N3O6S/c1-9-14(10(2)23-17-9)24(20,21)15-7-13(19)22-8-12(18)16-11-5-3-4-6-11/h11,15H,3-8H2,1-2H3,(H,16,18). The van der Waals surface area contributed by atoms with E-state index in [1.807, 2.05) is 0 Å². The van der Waals surface area contributed by atoms with Crippen LogP contribution in [0.15, 0.2) is 9.42 Å².